The first-order valence-electron chi connectivity index (χ1n) is 12.0. The number of furan rings is 1. The second kappa shape index (κ2) is 10.5. The fourth-order valence-corrected chi connectivity index (χ4v) is 4.53. The molecule has 35 heavy (non-hydrogen) atoms. The van der Waals surface area contributed by atoms with Crippen LogP contribution in [0.2, 0.25) is 0 Å². The van der Waals surface area contributed by atoms with Crippen molar-refractivity contribution in [3.8, 4) is 5.75 Å². The summed E-state index contributed by atoms with van der Waals surface area (Å²) in [6, 6.07) is 26.0. The Morgan fingerprint density at radius 1 is 0.886 bits per heavy atom. The van der Waals surface area contributed by atoms with Crippen LogP contribution in [0.1, 0.15) is 34.5 Å². The molecule has 0 bridgehead atoms. The van der Waals surface area contributed by atoms with Crippen molar-refractivity contribution in [2.45, 2.75) is 31.9 Å². The fraction of sp³-hybridized carbons (Fsp3) is 0.241. The van der Waals surface area contributed by atoms with Crippen LogP contribution in [-0.2, 0) is 17.8 Å². The van der Waals surface area contributed by atoms with E-state index >= 15 is 0 Å². The number of carbonyl (C=O) groups excluding carboxylic acids is 2. The molecular formula is C29H28N2O4. The third kappa shape index (κ3) is 5.22. The molecule has 6 nitrogen and oxygen atoms in total. The van der Waals surface area contributed by atoms with Gasteiger partial charge in [-0.1, -0.05) is 66.7 Å². The summed E-state index contributed by atoms with van der Waals surface area (Å²) in [7, 11) is 0. The summed E-state index contributed by atoms with van der Waals surface area (Å²) in [5.74, 6) is 0.406. The molecule has 1 atom stereocenters. The van der Waals surface area contributed by atoms with Crippen molar-refractivity contribution < 1.29 is 18.7 Å². The number of hydrogen-bond acceptors (Lipinski definition) is 4. The van der Waals surface area contributed by atoms with E-state index in [-0.39, 0.29) is 18.3 Å². The number of amides is 2. The van der Waals surface area contributed by atoms with E-state index in [2.05, 4.69) is 5.32 Å². The van der Waals surface area contributed by atoms with Crippen molar-refractivity contribution in [3.05, 3.63) is 102 Å². The van der Waals surface area contributed by atoms with E-state index in [1.54, 1.807) is 0 Å². The highest BCUT2D eigenvalue weighted by molar-refractivity contribution is 6.01. The number of carbonyl (C=O) groups is 2. The fourth-order valence-electron chi connectivity index (χ4n) is 4.53. The van der Waals surface area contributed by atoms with Crippen molar-refractivity contribution in [2.24, 2.45) is 0 Å². The van der Waals surface area contributed by atoms with Crippen molar-refractivity contribution in [1.82, 2.24) is 10.2 Å². The molecule has 6 heteroatoms. The number of hydrogen-bond donors (Lipinski definition) is 1. The first-order chi connectivity index (χ1) is 17.2. The van der Waals surface area contributed by atoms with E-state index in [4.69, 9.17) is 9.15 Å². The Hall–Kier alpha value is -4.06. The molecule has 1 aliphatic heterocycles. The average Bonchev–Trinajstić information content (AvgIpc) is 3.56. The molecule has 1 N–H and O–H groups in total. The Balaban J connectivity index is 1.42. The van der Waals surface area contributed by atoms with Gasteiger partial charge in [0.05, 0.1) is 0 Å². The largest absolute Gasteiger partial charge is 0.489 e. The second-order valence-corrected chi connectivity index (χ2v) is 8.76. The molecule has 1 fully saturated rings. The van der Waals surface area contributed by atoms with Gasteiger partial charge in [-0.25, -0.2) is 0 Å². The molecular weight excluding hydrogens is 440 g/mol. The normalized spacial score (nSPS) is 14.1. The lowest BCUT2D eigenvalue weighted by atomic mass is 10.0. The Bertz CT molecular complexity index is 1290. The maximum Gasteiger partial charge on any atom is 0.288 e. The van der Waals surface area contributed by atoms with Crippen LogP contribution in [0.4, 0.5) is 0 Å². The molecule has 1 unspecified atom stereocenters. The average molecular weight is 469 g/mol. The van der Waals surface area contributed by atoms with Gasteiger partial charge >= 0.3 is 0 Å². The van der Waals surface area contributed by atoms with Gasteiger partial charge in [0.1, 0.15) is 24.0 Å². The maximum atomic E-state index is 13.5. The van der Waals surface area contributed by atoms with Crippen LogP contribution in [0.5, 0.6) is 5.75 Å². The minimum atomic E-state index is -0.681. The third-order valence-corrected chi connectivity index (χ3v) is 6.33. The van der Waals surface area contributed by atoms with E-state index in [1.165, 1.54) is 0 Å². The Labute approximate surface area is 204 Å². The molecule has 0 spiro atoms. The van der Waals surface area contributed by atoms with Crippen molar-refractivity contribution in [3.63, 3.8) is 0 Å². The lowest BCUT2D eigenvalue weighted by Crippen LogP contribution is -2.49. The molecule has 1 aromatic heterocycles. The van der Waals surface area contributed by atoms with Gasteiger partial charge in [-0.05, 0) is 36.6 Å². The topological polar surface area (TPSA) is 71.8 Å². The molecule has 5 rings (SSSR count). The van der Waals surface area contributed by atoms with Gasteiger partial charge in [0, 0.05) is 30.5 Å². The van der Waals surface area contributed by atoms with Gasteiger partial charge in [-0.15, -0.1) is 0 Å². The minimum absolute atomic E-state index is 0.0575. The molecule has 2 amide bonds. The number of nitrogens with zero attached hydrogens (tertiary/aromatic N) is 1. The van der Waals surface area contributed by atoms with E-state index in [0.29, 0.717) is 23.3 Å². The first-order valence-corrected chi connectivity index (χ1v) is 12.0. The smallest absolute Gasteiger partial charge is 0.288 e. The van der Waals surface area contributed by atoms with Crippen molar-refractivity contribution in [2.75, 3.05) is 13.1 Å². The standard InChI is InChI=1S/C29H28N2O4/c32-28(30-25(19-21-11-3-1-4-12-21)29(33)31-17-9-10-18-31)27-24(20-34-22-13-5-2-6-14-22)23-15-7-8-16-26(23)35-27/h1-8,11-16,25H,9-10,17-20H2,(H,30,32). The summed E-state index contributed by atoms with van der Waals surface area (Å²) < 4.78 is 12.0. The number of ether oxygens (including phenoxy) is 1. The number of fused-ring (bicyclic) bond motifs is 1. The molecule has 2 heterocycles. The van der Waals surface area contributed by atoms with Gasteiger partial charge in [0.2, 0.25) is 5.91 Å². The zero-order valence-electron chi connectivity index (χ0n) is 19.5. The van der Waals surface area contributed by atoms with Crippen LogP contribution in [0, 0.1) is 0 Å². The van der Waals surface area contributed by atoms with E-state index in [0.717, 1.165) is 36.9 Å². The third-order valence-electron chi connectivity index (χ3n) is 6.33. The lowest BCUT2D eigenvalue weighted by Gasteiger charge is -2.24. The maximum absolute atomic E-state index is 13.5. The SMILES string of the molecule is O=C(NC(Cc1ccccc1)C(=O)N1CCCC1)c1oc2ccccc2c1COc1ccccc1. The number of nitrogens with one attached hydrogen (secondary N) is 1. The van der Waals surface area contributed by atoms with Gasteiger partial charge in [0.25, 0.3) is 5.91 Å². The first kappa shape index (κ1) is 22.7. The van der Waals surface area contributed by atoms with Gasteiger partial charge in [-0.3, -0.25) is 9.59 Å². The predicted octanol–water partition coefficient (Wildman–Crippen LogP) is 4.98. The van der Waals surface area contributed by atoms with Gasteiger partial charge in [-0.2, -0.15) is 0 Å². The highest BCUT2D eigenvalue weighted by atomic mass is 16.5. The summed E-state index contributed by atoms with van der Waals surface area (Å²) in [6.07, 6.45) is 2.39. The van der Waals surface area contributed by atoms with E-state index in [9.17, 15) is 9.59 Å². The molecule has 0 saturated carbocycles. The van der Waals surface area contributed by atoms with Crippen LogP contribution >= 0.6 is 0 Å². The molecule has 0 radical (unpaired) electrons. The van der Waals surface area contributed by atoms with Crippen LogP contribution in [0.3, 0.4) is 0 Å². The Morgan fingerprint density at radius 2 is 1.54 bits per heavy atom. The van der Waals surface area contributed by atoms with E-state index in [1.807, 2.05) is 89.8 Å². The van der Waals surface area contributed by atoms with Crippen molar-refractivity contribution in [1.29, 1.82) is 0 Å². The van der Waals surface area contributed by atoms with Crippen LogP contribution in [0.15, 0.2) is 89.3 Å². The summed E-state index contributed by atoms with van der Waals surface area (Å²) >= 11 is 0. The van der Waals surface area contributed by atoms with Gasteiger partial charge < -0.3 is 19.4 Å². The molecule has 1 saturated heterocycles. The molecule has 3 aromatic carbocycles. The van der Waals surface area contributed by atoms with Gasteiger partial charge in [0.15, 0.2) is 5.76 Å². The monoisotopic (exact) mass is 468 g/mol. The zero-order chi connectivity index (χ0) is 24.0. The Morgan fingerprint density at radius 3 is 2.29 bits per heavy atom. The molecule has 0 aliphatic carbocycles. The highest BCUT2D eigenvalue weighted by Crippen LogP contribution is 2.27. The van der Waals surface area contributed by atoms with E-state index < -0.39 is 11.9 Å². The number of likely N-dealkylation sites (tertiary alicyclic amines) is 1. The highest BCUT2D eigenvalue weighted by Gasteiger charge is 2.30. The van der Waals surface area contributed by atoms with Crippen LogP contribution < -0.4 is 10.1 Å². The number of para-hydroxylation sites is 2. The molecule has 178 valence electrons. The summed E-state index contributed by atoms with van der Waals surface area (Å²) in [4.78, 5) is 28.7. The zero-order valence-corrected chi connectivity index (χ0v) is 19.5. The minimum Gasteiger partial charge on any atom is -0.489 e. The van der Waals surface area contributed by atoms with Crippen molar-refractivity contribution >= 4 is 22.8 Å². The predicted molar refractivity (Wildman–Crippen MR) is 134 cm³/mol. The summed E-state index contributed by atoms with van der Waals surface area (Å²) in [5.41, 5.74) is 2.26. The summed E-state index contributed by atoms with van der Waals surface area (Å²) in [6.45, 7) is 1.62. The Kier molecular flexibility index (Phi) is 6.80. The second-order valence-electron chi connectivity index (χ2n) is 8.76. The van der Waals surface area contributed by atoms with Crippen LogP contribution in [0.25, 0.3) is 11.0 Å². The lowest BCUT2D eigenvalue weighted by molar-refractivity contribution is -0.132. The molecule has 4 aromatic rings. The summed E-state index contributed by atoms with van der Waals surface area (Å²) in [5, 5.41) is 3.80. The van der Waals surface area contributed by atoms with Crippen LogP contribution in [-0.4, -0.2) is 35.8 Å². The molecule has 1 aliphatic rings. The number of benzene rings is 3. The number of rotatable bonds is 8. The quantitative estimate of drug-likeness (QED) is 0.396.